The van der Waals surface area contributed by atoms with Gasteiger partial charge in [0.25, 0.3) is 0 Å². The van der Waals surface area contributed by atoms with Gasteiger partial charge in [-0.15, -0.1) is 0 Å². The fourth-order valence-electron chi connectivity index (χ4n) is 3.31. The Labute approximate surface area is 115 Å². The van der Waals surface area contributed by atoms with Crippen molar-refractivity contribution in [1.29, 1.82) is 0 Å². The molecular weight excluding hydrogens is 236 g/mol. The van der Waals surface area contributed by atoms with Crippen molar-refractivity contribution in [3.63, 3.8) is 0 Å². The molecule has 1 aromatic rings. The lowest BCUT2D eigenvalue weighted by Gasteiger charge is -2.49. The number of hydrogen-bond acceptors (Lipinski definition) is 3. The zero-order valence-electron chi connectivity index (χ0n) is 12.0. The third kappa shape index (κ3) is 2.26. The number of rotatable bonds is 3. The molecule has 19 heavy (non-hydrogen) atoms. The van der Waals surface area contributed by atoms with Crippen LogP contribution in [0.5, 0.6) is 0 Å². The molecule has 0 radical (unpaired) electrons. The molecule has 1 N–H and O–H groups in total. The Morgan fingerprint density at radius 3 is 2.37 bits per heavy atom. The molecule has 3 heteroatoms. The Morgan fingerprint density at radius 2 is 1.89 bits per heavy atom. The molecule has 0 amide bonds. The van der Waals surface area contributed by atoms with Crippen molar-refractivity contribution < 1.29 is 4.74 Å². The molecule has 2 heterocycles. The van der Waals surface area contributed by atoms with Crippen LogP contribution >= 0.6 is 0 Å². The Bertz CT molecular complexity index is 417. The number of nitrogens with one attached hydrogen (secondary N) is 1. The zero-order valence-corrected chi connectivity index (χ0v) is 12.0. The minimum Gasteiger partial charge on any atom is -0.379 e. The Balaban J connectivity index is 1.84. The van der Waals surface area contributed by atoms with Crippen molar-refractivity contribution in [1.82, 2.24) is 5.32 Å². The van der Waals surface area contributed by atoms with E-state index in [0.717, 1.165) is 19.8 Å². The second kappa shape index (κ2) is 5.14. The van der Waals surface area contributed by atoms with E-state index in [0.29, 0.717) is 6.04 Å². The standard InChI is InChI=1S/C16H24N2O/c1-18(2)14-8-6-13(7-9-14)16(11-19-12-16)15-5-3-4-10-17-15/h6-9,15,17H,3-5,10-12H2,1-2H3. The predicted molar refractivity (Wildman–Crippen MR) is 78.9 cm³/mol. The summed E-state index contributed by atoms with van der Waals surface area (Å²) in [4.78, 5) is 2.15. The van der Waals surface area contributed by atoms with E-state index in [-0.39, 0.29) is 5.41 Å². The number of ether oxygens (including phenoxy) is 1. The molecule has 0 aromatic heterocycles. The highest BCUT2D eigenvalue weighted by atomic mass is 16.5. The summed E-state index contributed by atoms with van der Waals surface area (Å²) in [5.74, 6) is 0. The topological polar surface area (TPSA) is 24.5 Å². The third-order valence-electron chi connectivity index (χ3n) is 4.66. The highest BCUT2D eigenvalue weighted by Crippen LogP contribution is 2.39. The number of benzene rings is 1. The fraction of sp³-hybridized carbons (Fsp3) is 0.625. The van der Waals surface area contributed by atoms with Crippen LogP contribution in [-0.2, 0) is 10.2 Å². The van der Waals surface area contributed by atoms with E-state index in [2.05, 4.69) is 48.6 Å². The highest BCUT2D eigenvalue weighted by molar-refractivity contribution is 5.48. The van der Waals surface area contributed by atoms with Crippen LogP contribution < -0.4 is 10.2 Å². The smallest absolute Gasteiger partial charge is 0.0600 e. The summed E-state index contributed by atoms with van der Waals surface area (Å²) >= 11 is 0. The van der Waals surface area contributed by atoms with Crippen molar-refractivity contribution in [2.75, 3.05) is 38.8 Å². The molecule has 1 unspecified atom stereocenters. The number of anilines is 1. The minimum atomic E-state index is 0.214. The summed E-state index contributed by atoms with van der Waals surface area (Å²) in [5.41, 5.74) is 2.91. The molecule has 1 atom stereocenters. The van der Waals surface area contributed by atoms with Crippen molar-refractivity contribution in [3.8, 4) is 0 Å². The van der Waals surface area contributed by atoms with E-state index >= 15 is 0 Å². The van der Waals surface area contributed by atoms with E-state index in [4.69, 9.17) is 4.74 Å². The first-order chi connectivity index (χ1) is 9.22. The summed E-state index contributed by atoms with van der Waals surface area (Å²) in [6.45, 7) is 2.89. The monoisotopic (exact) mass is 260 g/mol. The van der Waals surface area contributed by atoms with E-state index < -0.39 is 0 Å². The van der Waals surface area contributed by atoms with Crippen LogP contribution in [0.4, 0.5) is 5.69 Å². The van der Waals surface area contributed by atoms with Gasteiger partial charge in [-0.2, -0.15) is 0 Å². The molecule has 2 aliphatic rings. The van der Waals surface area contributed by atoms with Gasteiger partial charge in [-0.25, -0.2) is 0 Å². The van der Waals surface area contributed by atoms with Crippen LogP contribution in [0.15, 0.2) is 24.3 Å². The van der Waals surface area contributed by atoms with Gasteiger partial charge in [-0.1, -0.05) is 18.6 Å². The summed E-state index contributed by atoms with van der Waals surface area (Å²) in [6, 6.07) is 9.60. The predicted octanol–water partition coefficient (Wildman–Crippen LogP) is 2.16. The molecule has 3 nitrogen and oxygen atoms in total. The molecule has 104 valence electrons. The van der Waals surface area contributed by atoms with Gasteiger partial charge in [-0.3, -0.25) is 0 Å². The number of piperidine rings is 1. The Kier molecular flexibility index (Phi) is 3.50. The third-order valence-corrected chi connectivity index (χ3v) is 4.66. The summed E-state index contributed by atoms with van der Waals surface area (Å²) in [5, 5.41) is 3.71. The van der Waals surface area contributed by atoms with Crippen LogP contribution in [0.2, 0.25) is 0 Å². The molecule has 3 rings (SSSR count). The maximum atomic E-state index is 5.57. The van der Waals surface area contributed by atoms with E-state index in [1.807, 2.05) is 0 Å². The molecule has 2 saturated heterocycles. The lowest BCUT2D eigenvalue weighted by molar-refractivity contribution is -0.0827. The maximum Gasteiger partial charge on any atom is 0.0600 e. The molecule has 0 bridgehead atoms. The minimum absolute atomic E-state index is 0.214. The van der Waals surface area contributed by atoms with Crippen molar-refractivity contribution in [2.24, 2.45) is 0 Å². The summed E-state index contributed by atoms with van der Waals surface area (Å²) < 4.78 is 5.57. The second-order valence-electron chi connectivity index (χ2n) is 6.09. The quantitative estimate of drug-likeness (QED) is 0.901. The van der Waals surface area contributed by atoms with Crippen molar-refractivity contribution in [2.45, 2.75) is 30.7 Å². The SMILES string of the molecule is CN(C)c1ccc(C2(C3CCCCN3)COC2)cc1. The molecule has 0 saturated carbocycles. The molecule has 2 aliphatic heterocycles. The number of nitrogens with zero attached hydrogens (tertiary/aromatic N) is 1. The van der Waals surface area contributed by atoms with Crippen molar-refractivity contribution >= 4 is 5.69 Å². The normalized spacial score (nSPS) is 25.7. The largest absolute Gasteiger partial charge is 0.379 e. The summed E-state index contributed by atoms with van der Waals surface area (Å²) in [6.07, 6.45) is 3.93. The van der Waals surface area contributed by atoms with Gasteiger partial charge < -0.3 is 15.0 Å². The zero-order chi connectivity index (χ0) is 13.3. The van der Waals surface area contributed by atoms with Gasteiger partial charge in [0, 0.05) is 25.8 Å². The fourth-order valence-corrected chi connectivity index (χ4v) is 3.31. The van der Waals surface area contributed by atoms with E-state index in [1.54, 1.807) is 0 Å². The maximum absolute atomic E-state index is 5.57. The lowest BCUT2D eigenvalue weighted by Crippen LogP contribution is -2.61. The van der Waals surface area contributed by atoms with Crippen LogP contribution in [0.25, 0.3) is 0 Å². The van der Waals surface area contributed by atoms with Gasteiger partial charge in [0.2, 0.25) is 0 Å². The molecule has 2 fully saturated rings. The van der Waals surface area contributed by atoms with Crippen LogP contribution in [-0.4, -0.2) is 39.9 Å². The first-order valence-electron chi connectivity index (χ1n) is 7.31. The average molecular weight is 260 g/mol. The van der Waals surface area contributed by atoms with Crippen molar-refractivity contribution in [3.05, 3.63) is 29.8 Å². The Morgan fingerprint density at radius 1 is 1.16 bits per heavy atom. The van der Waals surface area contributed by atoms with Crippen LogP contribution in [0.1, 0.15) is 24.8 Å². The van der Waals surface area contributed by atoms with Gasteiger partial charge in [0.05, 0.1) is 18.6 Å². The molecule has 0 spiro atoms. The van der Waals surface area contributed by atoms with Gasteiger partial charge in [0.1, 0.15) is 0 Å². The molecule has 1 aromatic carbocycles. The first kappa shape index (κ1) is 12.9. The van der Waals surface area contributed by atoms with Gasteiger partial charge in [-0.05, 0) is 37.1 Å². The van der Waals surface area contributed by atoms with E-state index in [1.165, 1.54) is 30.5 Å². The first-order valence-corrected chi connectivity index (χ1v) is 7.31. The summed E-state index contributed by atoms with van der Waals surface area (Å²) in [7, 11) is 4.17. The number of hydrogen-bond donors (Lipinski definition) is 1. The van der Waals surface area contributed by atoms with Gasteiger partial charge >= 0.3 is 0 Å². The average Bonchev–Trinajstić information content (AvgIpc) is 2.39. The molecular formula is C16H24N2O. The Hall–Kier alpha value is -1.06. The van der Waals surface area contributed by atoms with Crippen LogP contribution in [0.3, 0.4) is 0 Å². The lowest BCUT2D eigenvalue weighted by atomic mass is 9.70. The second-order valence-corrected chi connectivity index (χ2v) is 6.09. The highest BCUT2D eigenvalue weighted by Gasteiger charge is 2.47. The van der Waals surface area contributed by atoms with Crippen LogP contribution in [0, 0.1) is 0 Å². The van der Waals surface area contributed by atoms with Gasteiger partial charge in [0.15, 0.2) is 0 Å². The van der Waals surface area contributed by atoms with E-state index in [9.17, 15) is 0 Å². The molecule has 0 aliphatic carbocycles.